The van der Waals surface area contributed by atoms with E-state index in [0.717, 1.165) is 16.1 Å². The number of hydrogen-bond acceptors (Lipinski definition) is 3. The lowest BCUT2D eigenvalue weighted by molar-refractivity contribution is -0.131. The molecule has 0 amide bonds. The predicted octanol–water partition coefficient (Wildman–Crippen LogP) is 3.73. The maximum Gasteiger partial charge on any atom is 0.328 e. The van der Waals surface area contributed by atoms with Crippen molar-refractivity contribution in [2.75, 3.05) is 0 Å². The third kappa shape index (κ3) is 4.22. The monoisotopic (exact) mass is 319 g/mol. The van der Waals surface area contributed by atoms with Gasteiger partial charge in [0.25, 0.3) is 0 Å². The minimum absolute atomic E-state index is 0.628. The fourth-order valence-corrected chi connectivity index (χ4v) is 1.74. The summed E-state index contributed by atoms with van der Waals surface area (Å²) in [4.78, 5) is 14.4. The Bertz CT molecular complexity index is 608. The summed E-state index contributed by atoms with van der Waals surface area (Å²) in [5.74, 6) is 0.316. The largest absolute Gasteiger partial charge is 0.478 e. The summed E-state index contributed by atoms with van der Waals surface area (Å²) in [5.41, 5.74) is 0.794. The van der Waals surface area contributed by atoms with Crippen LogP contribution in [0.5, 0.6) is 11.5 Å². The van der Waals surface area contributed by atoms with Crippen molar-refractivity contribution in [2.45, 2.75) is 0 Å². The van der Waals surface area contributed by atoms with Crippen molar-refractivity contribution in [3.05, 3.63) is 58.8 Å². The Morgan fingerprint density at radius 2 is 1.95 bits per heavy atom. The van der Waals surface area contributed by atoms with Crippen molar-refractivity contribution in [1.82, 2.24) is 4.98 Å². The molecule has 1 aromatic heterocycles. The first-order valence-corrected chi connectivity index (χ1v) is 6.22. The molecule has 96 valence electrons. The molecule has 1 N–H and O–H groups in total. The number of carboxylic acids is 1. The number of ether oxygens (including phenoxy) is 1. The second kappa shape index (κ2) is 6.15. The van der Waals surface area contributed by atoms with Gasteiger partial charge in [0.2, 0.25) is 0 Å². The molecule has 0 atom stereocenters. The lowest BCUT2D eigenvalue weighted by Crippen LogP contribution is -1.87. The van der Waals surface area contributed by atoms with Crippen molar-refractivity contribution in [3.63, 3.8) is 0 Å². The van der Waals surface area contributed by atoms with Crippen LogP contribution in [-0.2, 0) is 4.79 Å². The number of hydrogen-bond donors (Lipinski definition) is 1. The molecule has 2 rings (SSSR count). The topological polar surface area (TPSA) is 59.4 Å². The molecule has 0 saturated heterocycles. The van der Waals surface area contributed by atoms with Gasteiger partial charge >= 0.3 is 5.97 Å². The fraction of sp³-hybridized carbons (Fsp3) is 0. The Morgan fingerprint density at radius 3 is 2.58 bits per heavy atom. The molecular formula is C14H10BrNO3. The number of carboxylic acid groups (broad SMARTS) is 1. The quantitative estimate of drug-likeness (QED) is 0.872. The summed E-state index contributed by atoms with van der Waals surface area (Å²) in [6, 6.07) is 8.90. The van der Waals surface area contributed by atoms with E-state index in [4.69, 9.17) is 9.84 Å². The van der Waals surface area contributed by atoms with Crippen LogP contribution in [0.1, 0.15) is 5.56 Å². The van der Waals surface area contributed by atoms with Crippen LogP contribution in [0.15, 0.2) is 53.3 Å². The normalized spacial score (nSPS) is 10.6. The van der Waals surface area contributed by atoms with E-state index >= 15 is 0 Å². The van der Waals surface area contributed by atoms with E-state index in [1.165, 1.54) is 6.08 Å². The summed E-state index contributed by atoms with van der Waals surface area (Å²) in [6.07, 6.45) is 5.90. The summed E-state index contributed by atoms with van der Waals surface area (Å²) >= 11 is 3.31. The maximum atomic E-state index is 10.4. The zero-order chi connectivity index (χ0) is 13.7. The first kappa shape index (κ1) is 13.3. The van der Waals surface area contributed by atoms with E-state index in [-0.39, 0.29) is 0 Å². The molecule has 0 radical (unpaired) electrons. The van der Waals surface area contributed by atoms with Crippen molar-refractivity contribution >= 4 is 28.0 Å². The summed E-state index contributed by atoms with van der Waals surface area (Å²) in [5, 5.41) is 8.53. The van der Waals surface area contributed by atoms with Gasteiger partial charge in [0, 0.05) is 16.7 Å². The molecular weight excluding hydrogens is 310 g/mol. The van der Waals surface area contributed by atoms with Gasteiger partial charge in [-0.05, 0) is 45.8 Å². The molecule has 2 aromatic rings. The number of carbonyl (C=O) groups is 1. The Morgan fingerprint density at radius 1 is 1.21 bits per heavy atom. The van der Waals surface area contributed by atoms with E-state index < -0.39 is 5.97 Å². The average Bonchev–Trinajstić information content (AvgIpc) is 2.38. The molecule has 0 aliphatic heterocycles. The summed E-state index contributed by atoms with van der Waals surface area (Å²) in [6.45, 7) is 0. The standard InChI is InChI=1S/C14H10BrNO3/c15-11-7-13(9-16-8-11)19-12-4-1-10(2-5-12)3-6-14(17)18/h1-9H,(H,17,18). The van der Waals surface area contributed by atoms with Gasteiger partial charge < -0.3 is 9.84 Å². The lowest BCUT2D eigenvalue weighted by Gasteiger charge is -2.05. The van der Waals surface area contributed by atoms with Crippen LogP contribution in [-0.4, -0.2) is 16.1 Å². The molecule has 0 aliphatic carbocycles. The first-order chi connectivity index (χ1) is 9.13. The van der Waals surface area contributed by atoms with Crippen LogP contribution in [0.2, 0.25) is 0 Å². The molecule has 4 nitrogen and oxygen atoms in total. The minimum atomic E-state index is -0.972. The second-order valence-corrected chi connectivity index (χ2v) is 4.60. The van der Waals surface area contributed by atoms with Crippen molar-refractivity contribution in [3.8, 4) is 11.5 Å². The van der Waals surface area contributed by atoms with E-state index in [0.29, 0.717) is 11.5 Å². The highest BCUT2D eigenvalue weighted by molar-refractivity contribution is 9.10. The molecule has 5 heteroatoms. The van der Waals surface area contributed by atoms with Gasteiger partial charge in [-0.2, -0.15) is 0 Å². The molecule has 0 aliphatic rings. The van der Waals surface area contributed by atoms with Gasteiger partial charge in [0.15, 0.2) is 0 Å². The Balaban J connectivity index is 2.08. The van der Waals surface area contributed by atoms with E-state index in [9.17, 15) is 4.79 Å². The van der Waals surface area contributed by atoms with Gasteiger partial charge in [-0.15, -0.1) is 0 Å². The summed E-state index contributed by atoms with van der Waals surface area (Å²) in [7, 11) is 0. The van der Waals surface area contributed by atoms with Gasteiger partial charge in [-0.1, -0.05) is 12.1 Å². The van der Waals surface area contributed by atoms with Crippen LogP contribution in [0.4, 0.5) is 0 Å². The number of benzene rings is 1. The van der Waals surface area contributed by atoms with Gasteiger partial charge in [0.05, 0.1) is 6.20 Å². The molecule has 0 fully saturated rings. The smallest absolute Gasteiger partial charge is 0.328 e. The van der Waals surface area contributed by atoms with E-state index in [1.807, 2.05) is 6.07 Å². The zero-order valence-electron chi connectivity index (χ0n) is 9.79. The number of rotatable bonds is 4. The van der Waals surface area contributed by atoms with E-state index in [1.54, 1.807) is 36.7 Å². The van der Waals surface area contributed by atoms with Crippen molar-refractivity contribution in [1.29, 1.82) is 0 Å². The Labute approximate surface area is 118 Å². The van der Waals surface area contributed by atoms with Crippen LogP contribution < -0.4 is 4.74 Å². The maximum absolute atomic E-state index is 10.4. The van der Waals surface area contributed by atoms with E-state index in [2.05, 4.69) is 20.9 Å². The van der Waals surface area contributed by atoms with Gasteiger partial charge in [0.1, 0.15) is 11.5 Å². The molecule has 0 saturated carbocycles. The van der Waals surface area contributed by atoms with Crippen LogP contribution in [0.25, 0.3) is 6.08 Å². The number of pyridine rings is 1. The Kier molecular flexibility index (Phi) is 4.30. The Hall–Kier alpha value is -2.14. The average molecular weight is 320 g/mol. The number of aliphatic carboxylic acids is 1. The lowest BCUT2D eigenvalue weighted by atomic mass is 10.2. The predicted molar refractivity (Wildman–Crippen MR) is 75.1 cm³/mol. The van der Waals surface area contributed by atoms with Crippen LogP contribution >= 0.6 is 15.9 Å². The van der Waals surface area contributed by atoms with Crippen molar-refractivity contribution in [2.24, 2.45) is 0 Å². The van der Waals surface area contributed by atoms with Crippen molar-refractivity contribution < 1.29 is 14.6 Å². The second-order valence-electron chi connectivity index (χ2n) is 3.68. The van der Waals surface area contributed by atoms with Gasteiger partial charge in [-0.3, -0.25) is 4.98 Å². The zero-order valence-corrected chi connectivity index (χ0v) is 11.4. The van der Waals surface area contributed by atoms with Gasteiger partial charge in [-0.25, -0.2) is 4.79 Å². The molecule has 0 bridgehead atoms. The number of nitrogens with zero attached hydrogens (tertiary/aromatic N) is 1. The third-order valence-electron chi connectivity index (χ3n) is 2.21. The van der Waals surface area contributed by atoms with Crippen LogP contribution in [0.3, 0.4) is 0 Å². The minimum Gasteiger partial charge on any atom is -0.478 e. The number of aromatic nitrogens is 1. The highest BCUT2D eigenvalue weighted by atomic mass is 79.9. The molecule has 0 spiro atoms. The third-order valence-corrected chi connectivity index (χ3v) is 2.65. The number of halogens is 1. The molecule has 1 heterocycles. The van der Waals surface area contributed by atoms with Crippen LogP contribution in [0, 0.1) is 0 Å². The summed E-state index contributed by atoms with van der Waals surface area (Å²) < 4.78 is 6.45. The highest BCUT2D eigenvalue weighted by Gasteiger charge is 1.98. The molecule has 19 heavy (non-hydrogen) atoms. The highest BCUT2D eigenvalue weighted by Crippen LogP contribution is 2.23. The first-order valence-electron chi connectivity index (χ1n) is 5.43. The SMILES string of the molecule is O=C(O)C=Cc1ccc(Oc2cncc(Br)c2)cc1. The molecule has 0 unspecified atom stereocenters. The fourth-order valence-electron chi connectivity index (χ4n) is 1.40. The molecule has 1 aromatic carbocycles.